The van der Waals surface area contributed by atoms with E-state index in [1.165, 1.54) is 12.1 Å². The first kappa shape index (κ1) is 20.6. The number of piperidine rings is 1. The highest BCUT2D eigenvalue weighted by Crippen LogP contribution is 2.35. The SMILES string of the molecule is O=C1NCc2c(-c3cnc4cc(F)ccn34)ccc(Nc3ccc(N4CCCC(O)C4)cn3)c21. The van der Waals surface area contributed by atoms with Crippen molar-refractivity contribution < 1.29 is 14.3 Å². The van der Waals surface area contributed by atoms with Gasteiger partial charge in [0.25, 0.3) is 5.91 Å². The lowest BCUT2D eigenvalue weighted by atomic mass is 9.99. The number of nitrogens with one attached hydrogen (secondary N) is 2. The molecule has 4 aromatic rings. The fraction of sp³-hybridized carbons (Fsp3) is 0.240. The molecule has 0 saturated carbocycles. The number of hydrogen-bond acceptors (Lipinski definition) is 6. The summed E-state index contributed by atoms with van der Waals surface area (Å²) in [5, 5.41) is 16.1. The number of carbonyl (C=O) groups is 1. The molecule has 1 aromatic carbocycles. The van der Waals surface area contributed by atoms with Gasteiger partial charge in [-0.05, 0) is 42.7 Å². The van der Waals surface area contributed by atoms with Crippen molar-refractivity contribution in [2.75, 3.05) is 23.3 Å². The molecule has 1 atom stereocenters. The predicted octanol–water partition coefficient (Wildman–Crippen LogP) is 3.48. The quantitative estimate of drug-likeness (QED) is 0.434. The van der Waals surface area contributed by atoms with Crippen molar-refractivity contribution in [3.63, 3.8) is 0 Å². The summed E-state index contributed by atoms with van der Waals surface area (Å²) in [6.45, 7) is 1.91. The number of β-amino-alcohol motifs (C(OH)–C–C–N with tert-alkyl or cyclic N) is 1. The molecule has 6 rings (SSSR count). The zero-order chi connectivity index (χ0) is 23.2. The molecule has 172 valence electrons. The molecule has 0 radical (unpaired) electrons. The number of rotatable bonds is 4. The Morgan fingerprint density at radius 3 is 2.88 bits per heavy atom. The highest BCUT2D eigenvalue weighted by molar-refractivity contribution is 6.06. The largest absolute Gasteiger partial charge is 0.391 e. The average Bonchev–Trinajstić information content (AvgIpc) is 3.44. The maximum absolute atomic E-state index is 13.6. The van der Waals surface area contributed by atoms with Crippen LogP contribution in [0.3, 0.4) is 0 Å². The fourth-order valence-corrected chi connectivity index (χ4v) is 4.82. The molecule has 34 heavy (non-hydrogen) atoms. The molecule has 1 fully saturated rings. The summed E-state index contributed by atoms with van der Waals surface area (Å²) < 4.78 is 15.4. The number of benzene rings is 1. The second-order valence-electron chi connectivity index (χ2n) is 8.68. The van der Waals surface area contributed by atoms with Crippen LogP contribution in [-0.4, -0.2) is 44.6 Å². The van der Waals surface area contributed by atoms with E-state index in [0.29, 0.717) is 35.8 Å². The molecule has 1 unspecified atom stereocenters. The van der Waals surface area contributed by atoms with E-state index in [1.807, 2.05) is 28.7 Å². The summed E-state index contributed by atoms with van der Waals surface area (Å²) in [4.78, 5) is 23.7. The summed E-state index contributed by atoms with van der Waals surface area (Å²) >= 11 is 0. The molecule has 8 nitrogen and oxygen atoms in total. The van der Waals surface area contributed by atoms with Crippen LogP contribution in [0.25, 0.3) is 16.9 Å². The number of fused-ring (bicyclic) bond motifs is 2. The van der Waals surface area contributed by atoms with Gasteiger partial charge in [-0.25, -0.2) is 14.4 Å². The molecule has 3 N–H and O–H groups in total. The fourth-order valence-electron chi connectivity index (χ4n) is 4.82. The Bertz CT molecular complexity index is 1400. The second kappa shape index (κ2) is 8.11. The van der Waals surface area contributed by atoms with Gasteiger partial charge in [0.1, 0.15) is 17.3 Å². The van der Waals surface area contributed by atoms with Gasteiger partial charge >= 0.3 is 0 Å². The van der Waals surface area contributed by atoms with Crippen LogP contribution in [0.5, 0.6) is 0 Å². The maximum atomic E-state index is 13.6. The lowest BCUT2D eigenvalue weighted by molar-refractivity contribution is 0.0966. The monoisotopic (exact) mass is 458 g/mol. The Kier molecular flexibility index (Phi) is 4.91. The minimum atomic E-state index is -0.346. The van der Waals surface area contributed by atoms with E-state index in [-0.39, 0.29) is 17.8 Å². The Morgan fingerprint density at radius 2 is 2.06 bits per heavy atom. The molecule has 5 heterocycles. The number of pyridine rings is 2. The third kappa shape index (κ3) is 3.54. The number of aromatic nitrogens is 3. The zero-order valence-corrected chi connectivity index (χ0v) is 18.3. The van der Waals surface area contributed by atoms with E-state index in [2.05, 4.69) is 25.5 Å². The third-order valence-corrected chi connectivity index (χ3v) is 6.49. The lowest BCUT2D eigenvalue weighted by Gasteiger charge is -2.31. The number of carbonyl (C=O) groups excluding carboxylic acids is 1. The molecule has 3 aromatic heterocycles. The minimum absolute atomic E-state index is 0.155. The molecule has 0 spiro atoms. The van der Waals surface area contributed by atoms with Crippen LogP contribution in [0.4, 0.5) is 21.6 Å². The molecule has 2 aliphatic heterocycles. The number of nitrogens with zero attached hydrogens (tertiary/aromatic N) is 4. The highest BCUT2D eigenvalue weighted by atomic mass is 19.1. The number of anilines is 3. The van der Waals surface area contributed by atoms with Crippen molar-refractivity contribution in [2.24, 2.45) is 0 Å². The molecule has 2 aliphatic rings. The normalized spacial score (nSPS) is 17.6. The second-order valence-corrected chi connectivity index (χ2v) is 8.68. The van der Waals surface area contributed by atoms with Crippen molar-refractivity contribution in [3.8, 4) is 11.3 Å². The van der Waals surface area contributed by atoms with Gasteiger partial charge in [0, 0.05) is 37.5 Å². The van der Waals surface area contributed by atoms with E-state index < -0.39 is 0 Å². The summed E-state index contributed by atoms with van der Waals surface area (Å²) in [5.74, 6) is 0.126. The van der Waals surface area contributed by atoms with Gasteiger partial charge in [-0.3, -0.25) is 9.20 Å². The average molecular weight is 458 g/mol. The van der Waals surface area contributed by atoms with Crippen LogP contribution < -0.4 is 15.5 Å². The van der Waals surface area contributed by atoms with Gasteiger partial charge in [-0.2, -0.15) is 0 Å². The molecule has 0 bridgehead atoms. The Labute approximate surface area is 195 Å². The predicted molar refractivity (Wildman–Crippen MR) is 127 cm³/mol. The molecule has 1 amide bonds. The van der Waals surface area contributed by atoms with Gasteiger partial charge < -0.3 is 20.6 Å². The van der Waals surface area contributed by atoms with E-state index in [0.717, 1.165) is 41.9 Å². The molecule has 9 heteroatoms. The standard InChI is InChI=1S/C25H23FN6O2/c26-15-7-9-32-21(13-28-23(32)10-15)18-4-5-20(24-19(18)12-29-25(24)34)30-22-6-3-16(11-27-22)31-8-1-2-17(33)14-31/h3-7,9-11,13,17,33H,1-2,8,12,14H2,(H,27,30)(H,29,34). The van der Waals surface area contributed by atoms with E-state index in [4.69, 9.17) is 0 Å². The summed E-state index contributed by atoms with van der Waals surface area (Å²) in [6.07, 6.45) is 6.60. The number of aliphatic hydroxyl groups excluding tert-OH is 1. The van der Waals surface area contributed by atoms with Crippen LogP contribution in [0.15, 0.2) is 55.0 Å². The first-order chi connectivity index (χ1) is 16.6. The first-order valence-electron chi connectivity index (χ1n) is 11.3. The van der Waals surface area contributed by atoms with Crippen molar-refractivity contribution in [1.29, 1.82) is 0 Å². The Morgan fingerprint density at radius 1 is 1.15 bits per heavy atom. The molecular formula is C25H23FN6O2. The number of aliphatic hydroxyl groups is 1. The van der Waals surface area contributed by atoms with Gasteiger partial charge in [0.2, 0.25) is 0 Å². The van der Waals surface area contributed by atoms with E-state index >= 15 is 0 Å². The summed E-state index contributed by atoms with van der Waals surface area (Å²) in [5.41, 5.74) is 5.23. The van der Waals surface area contributed by atoms with E-state index in [1.54, 1.807) is 18.6 Å². The zero-order valence-electron chi connectivity index (χ0n) is 18.3. The van der Waals surface area contributed by atoms with Crippen molar-refractivity contribution >= 4 is 28.7 Å². The van der Waals surface area contributed by atoms with Crippen LogP contribution >= 0.6 is 0 Å². The van der Waals surface area contributed by atoms with Crippen LogP contribution in [0, 0.1) is 5.82 Å². The maximum Gasteiger partial charge on any atom is 0.254 e. The van der Waals surface area contributed by atoms with Crippen LogP contribution in [0.2, 0.25) is 0 Å². The third-order valence-electron chi connectivity index (χ3n) is 6.49. The molecule has 1 saturated heterocycles. The Hall–Kier alpha value is -3.98. The topological polar surface area (TPSA) is 94.8 Å². The minimum Gasteiger partial charge on any atom is -0.391 e. The highest BCUT2D eigenvalue weighted by Gasteiger charge is 2.27. The number of hydrogen-bond donors (Lipinski definition) is 3. The Balaban J connectivity index is 1.32. The van der Waals surface area contributed by atoms with Crippen molar-refractivity contribution in [3.05, 3.63) is 71.9 Å². The number of halogens is 1. The van der Waals surface area contributed by atoms with Gasteiger partial charge in [-0.15, -0.1) is 0 Å². The van der Waals surface area contributed by atoms with Crippen molar-refractivity contribution in [1.82, 2.24) is 19.7 Å². The summed E-state index contributed by atoms with van der Waals surface area (Å²) in [6, 6.07) is 10.4. The lowest BCUT2D eigenvalue weighted by Crippen LogP contribution is -2.38. The van der Waals surface area contributed by atoms with Gasteiger partial charge in [-0.1, -0.05) is 6.07 Å². The van der Waals surface area contributed by atoms with Crippen molar-refractivity contribution in [2.45, 2.75) is 25.5 Å². The molecule has 0 aliphatic carbocycles. The van der Waals surface area contributed by atoms with Crippen LogP contribution in [-0.2, 0) is 6.54 Å². The number of imidazole rings is 1. The van der Waals surface area contributed by atoms with Gasteiger partial charge in [0.05, 0.1) is 41.1 Å². The van der Waals surface area contributed by atoms with Gasteiger partial charge in [0.15, 0.2) is 0 Å². The number of amides is 1. The smallest absolute Gasteiger partial charge is 0.254 e. The summed E-state index contributed by atoms with van der Waals surface area (Å²) in [7, 11) is 0. The van der Waals surface area contributed by atoms with Crippen LogP contribution in [0.1, 0.15) is 28.8 Å². The molecular weight excluding hydrogens is 435 g/mol. The first-order valence-corrected chi connectivity index (χ1v) is 11.3. The van der Waals surface area contributed by atoms with E-state index in [9.17, 15) is 14.3 Å².